The number of hydrogen-bond acceptors (Lipinski definition) is 5. The minimum absolute atomic E-state index is 0.274. The van der Waals surface area contributed by atoms with E-state index in [0.717, 1.165) is 43.4 Å². The van der Waals surface area contributed by atoms with Crippen LogP contribution in [0.15, 0.2) is 48.7 Å². The third-order valence-electron chi connectivity index (χ3n) is 6.62. The fourth-order valence-electron chi connectivity index (χ4n) is 4.73. The smallest absolute Gasteiger partial charge is 0.255 e. The number of aromatic nitrogens is 2. The van der Waals surface area contributed by atoms with Gasteiger partial charge in [0.05, 0.1) is 21.3 Å². The molecule has 0 spiro atoms. The highest BCUT2D eigenvalue weighted by molar-refractivity contribution is 6.42. The van der Waals surface area contributed by atoms with Gasteiger partial charge in [-0.25, -0.2) is 14.4 Å². The molecule has 1 aromatic heterocycles. The normalized spacial score (nSPS) is 14.7. The SMILES string of the molecule is CN(C)CCNc1ncc(C(=O)NCc2ccc(Cl)c(Cl)c2)c(C2(c3ccc(F)cc3)CCCC2)n1. The Hall–Kier alpha value is -2.74. The maximum absolute atomic E-state index is 13.8. The van der Waals surface area contributed by atoms with Gasteiger partial charge in [0, 0.05) is 31.2 Å². The van der Waals surface area contributed by atoms with Gasteiger partial charge in [0.2, 0.25) is 5.95 Å². The quantitative estimate of drug-likeness (QED) is 0.372. The van der Waals surface area contributed by atoms with Crippen LogP contribution in [-0.4, -0.2) is 48.0 Å². The molecule has 4 rings (SSSR count). The summed E-state index contributed by atoms with van der Waals surface area (Å²) in [6, 6.07) is 11.8. The van der Waals surface area contributed by atoms with Crippen LogP contribution in [0.5, 0.6) is 0 Å². The highest BCUT2D eigenvalue weighted by Crippen LogP contribution is 2.47. The summed E-state index contributed by atoms with van der Waals surface area (Å²) in [5.41, 5.74) is 2.37. The van der Waals surface area contributed by atoms with Crippen LogP contribution in [0.2, 0.25) is 10.0 Å². The number of likely N-dealkylation sites (N-methyl/N-ethyl adjacent to an activating group) is 1. The number of rotatable bonds is 9. The van der Waals surface area contributed by atoms with E-state index in [0.29, 0.717) is 33.8 Å². The lowest BCUT2D eigenvalue weighted by Gasteiger charge is -2.31. The number of nitrogens with zero attached hydrogens (tertiary/aromatic N) is 3. The molecule has 0 radical (unpaired) electrons. The zero-order chi connectivity index (χ0) is 25.7. The molecule has 190 valence electrons. The number of hydrogen-bond donors (Lipinski definition) is 2. The Morgan fingerprint density at radius 2 is 1.81 bits per heavy atom. The summed E-state index contributed by atoms with van der Waals surface area (Å²) in [4.78, 5) is 24.9. The highest BCUT2D eigenvalue weighted by Gasteiger charge is 2.41. The number of halogens is 3. The minimum atomic E-state index is -0.495. The Kier molecular flexibility index (Phi) is 8.44. The van der Waals surface area contributed by atoms with E-state index in [4.69, 9.17) is 28.2 Å². The van der Waals surface area contributed by atoms with Gasteiger partial charge in [-0.1, -0.05) is 54.2 Å². The van der Waals surface area contributed by atoms with Crippen LogP contribution < -0.4 is 10.6 Å². The largest absolute Gasteiger partial charge is 0.353 e. The monoisotopic (exact) mass is 529 g/mol. The Morgan fingerprint density at radius 1 is 1.08 bits per heavy atom. The van der Waals surface area contributed by atoms with Crippen molar-refractivity contribution in [3.05, 3.63) is 86.9 Å². The summed E-state index contributed by atoms with van der Waals surface area (Å²) in [5.74, 6) is -0.0919. The number of benzene rings is 2. The molecule has 1 amide bonds. The second kappa shape index (κ2) is 11.5. The Bertz CT molecular complexity index is 1210. The molecule has 1 aliphatic carbocycles. The summed E-state index contributed by atoms with van der Waals surface area (Å²) in [7, 11) is 3.99. The van der Waals surface area contributed by atoms with E-state index in [9.17, 15) is 9.18 Å². The molecule has 9 heteroatoms. The van der Waals surface area contributed by atoms with Gasteiger partial charge >= 0.3 is 0 Å². The van der Waals surface area contributed by atoms with Gasteiger partial charge < -0.3 is 15.5 Å². The Labute approximate surface area is 221 Å². The van der Waals surface area contributed by atoms with Crippen molar-refractivity contribution in [2.75, 3.05) is 32.5 Å². The van der Waals surface area contributed by atoms with Crippen molar-refractivity contribution in [1.29, 1.82) is 0 Å². The van der Waals surface area contributed by atoms with E-state index >= 15 is 0 Å². The first-order chi connectivity index (χ1) is 17.3. The Morgan fingerprint density at radius 3 is 2.47 bits per heavy atom. The number of amides is 1. The van der Waals surface area contributed by atoms with Crippen molar-refractivity contribution < 1.29 is 9.18 Å². The molecule has 0 bridgehead atoms. The van der Waals surface area contributed by atoms with E-state index in [-0.39, 0.29) is 18.3 Å². The van der Waals surface area contributed by atoms with Crippen molar-refractivity contribution in [3.8, 4) is 0 Å². The molecular weight excluding hydrogens is 500 g/mol. The van der Waals surface area contributed by atoms with Gasteiger partial charge in [-0.3, -0.25) is 4.79 Å². The van der Waals surface area contributed by atoms with Gasteiger partial charge in [-0.05, 0) is 62.3 Å². The van der Waals surface area contributed by atoms with Crippen LogP contribution in [-0.2, 0) is 12.0 Å². The topological polar surface area (TPSA) is 70.2 Å². The summed E-state index contributed by atoms with van der Waals surface area (Å²) >= 11 is 12.1. The average Bonchev–Trinajstić information content (AvgIpc) is 3.36. The summed E-state index contributed by atoms with van der Waals surface area (Å²) in [5, 5.41) is 7.14. The summed E-state index contributed by atoms with van der Waals surface area (Å²) < 4.78 is 13.8. The lowest BCUT2D eigenvalue weighted by atomic mass is 9.74. The number of anilines is 1. The second-order valence-electron chi connectivity index (χ2n) is 9.41. The number of carbonyl (C=O) groups excluding carboxylic acids is 1. The van der Waals surface area contributed by atoms with Crippen LogP contribution >= 0.6 is 23.2 Å². The lowest BCUT2D eigenvalue weighted by molar-refractivity contribution is 0.0947. The van der Waals surface area contributed by atoms with E-state index in [1.165, 1.54) is 12.1 Å². The van der Waals surface area contributed by atoms with Crippen LogP contribution in [0, 0.1) is 5.82 Å². The van der Waals surface area contributed by atoms with E-state index in [1.807, 2.05) is 20.2 Å². The maximum atomic E-state index is 13.8. The lowest BCUT2D eigenvalue weighted by Crippen LogP contribution is -2.33. The summed E-state index contributed by atoms with van der Waals surface area (Å²) in [6.07, 6.45) is 5.22. The first-order valence-electron chi connectivity index (χ1n) is 12.0. The second-order valence-corrected chi connectivity index (χ2v) is 10.2. The molecule has 0 saturated heterocycles. The molecule has 36 heavy (non-hydrogen) atoms. The van der Waals surface area contributed by atoms with Crippen molar-refractivity contribution >= 4 is 35.1 Å². The first kappa shape index (κ1) is 26.3. The highest BCUT2D eigenvalue weighted by atomic mass is 35.5. The standard InChI is InChI=1S/C27H30Cl2FN5O/c1-35(2)14-13-31-26-33-17-21(25(36)32-16-18-5-10-22(28)23(29)15-18)24(34-26)27(11-3-4-12-27)19-6-8-20(30)9-7-19/h5-10,15,17H,3-4,11-14,16H2,1-2H3,(H,32,36)(H,31,33,34). The molecule has 1 heterocycles. The number of nitrogens with one attached hydrogen (secondary N) is 2. The van der Waals surface area contributed by atoms with Gasteiger partial charge in [0.25, 0.3) is 5.91 Å². The van der Waals surface area contributed by atoms with Crippen molar-refractivity contribution in [2.45, 2.75) is 37.6 Å². The molecule has 1 aliphatic rings. The minimum Gasteiger partial charge on any atom is -0.353 e. The van der Waals surface area contributed by atoms with Gasteiger partial charge in [0.1, 0.15) is 5.82 Å². The van der Waals surface area contributed by atoms with Crippen molar-refractivity contribution in [1.82, 2.24) is 20.2 Å². The van der Waals surface area contributed by atoms with E-state index in [2.05, 4.69) is 20.5 Å². The molecule has 6 nitrogen and oxygen atoms in total. The fourth-order valence-corrected chi connectivity index (χ4v) is 5.05. The summed E-state index contributed by atoms with van der Waals surface area (Å²) in [6.45, 7) is 1.76. The first-order valence-corrected chi connectivity index (χ1v) is 12.8. The van der Waals surface area contributed by atoms with Gasteiger partial charge in [-0.15, -0.1) is 0 Å². The molecule has 3 aromatic rings. The molecule has 0 aliphatic heterocycles. The number of carbonyl (C=O) groups is 1. The maximum Gasteiger partial charge on any atom is 0.255 e. The van der Waals surface area contributed by atoms with Crippen LogP contribution in [0.3, 0.4) is 0 Å². The zero-order valence-corrected chi connectivity index (χ0v) is 22.0. The van der Waals surface area contributed by atoms with Crippen LogP contribution in [0.4, 0.5) is 10.3 Å². The molecular formula is C27H30Cl2FN5O. The Balaban J connectivity index is 1.69. The zero-order valence-electron chi connectivity index (χ0n) is 20.5. The third kappa shape index (κ3) is 5.97. The van der Waals surface area contributed by atoms with Crippen LogP contribution in [0.1, 0.15) is 52.9 Å². The molecule has 1 saturated carbocycles. The van der Waals surface area contributed by atoms with Gasteiger partial charge in [-0.2, -0.15) is 0 Å². The molecule has 0 atom stereocenters. The van der Waals surface area contributed by atoms with Crippen molar-refractivity contribution in [3.63, 3.8) is 0 Å². The molecule has 2 N–H and O–H groups in total. The predicted molar refractivity (Wildman–Crippen MR) is 142 cm³/mol. The van der Waals surface area contributed by atoms with Gasteiger partial charge in [0.15, 0.2) is 0 Å². The van der Waals surface area contributed by atoms with Crippen LogP contribution in [0.25, 0.3) is 0 Å². The fraction of sp³-hybridized carbons (Fsp3) is 0.370. The molecule has 1 fully saturated rings. The van der Waals surface area contributed by atoms with E-state index in [1.54, 1.807) is 30.5 Å². The third-order valence-corrected chi connectivity index (χ3v) is 7.36. The molecule has 2 aromatic carbocycles. The predicted octanol–water partition coefficient (Wildman–Crippen LogP) is 5.69. The average molecular weight is 530 g/mol. The van der Waals surface area contributed by atoms with Crippen molar-refractivity contribution in [2.24, 2.45) is 0 Å². The molecule has 0 unspecified atom stereocenters. The van der Waals surface area contributed by atoms with E-state index < -0.39 is 5.41 Å².